The van der Waals surface area contributed by atoms with Crippen LogP contribution in [0.4, 0.5) is 14.9 Å². The highest BCUT2D eigenvalue weighted by Crippen LogP contribution is 2.18. The van der Waals surface area contributed by atoms with Crippen molar-refractivity contribution in [2.75, 3.05) is 25.0 Å². The second-order valence-corrected chi connectivity index (χ2v) is 6.29. The highest BCUT2D eigenvalue weighted by atomic mass is 19.1. The molecule has 0 aliphatic carbocycles. The van der Waals surface area contributed by atoms with Crippen LogP contribution in [0.1, 0.15) is 26.7 Å². The number of anilines is 1. The first kappa shape index (κ1) is 17.2. The molecule has 1 atom stereocenters. The number of urea groups is 1. The van der Waals surface area contributed by atoms with Crippen LogP contribution < -0.4 is 10.6 Å². The first-order valence-electron chi connectivity index (χ1n) is 8.05. The maximum Gasteiger partial charge on any atom is 0.321 e. The van der Waals surface area contributed by atoms with E-state index in [1.807, 2.05) is 13.8 Å². The summed E-state index contributed by atoms with van der Waals surface area (Å²) in [4.78, 5) is 25.6. The Morgan fingerprint density at radius 2 is 2.17 bits per heavy atom. The number of halogens is 1. The number of hydrogen-bond donors (Lipinski definition) is 2. The average molecular weight is 321 g/mol. The van der Waals surface area contributed by atoms with Gasteiger partial charge in [0, 0.05) is 31.2 Å². The molecule has 0 saturated carbocycles. The van der Waals surface area contributed by atoms with E-state index in [0.717, 1.165) is 12.8 Å². The van der Waals surface area contributed by atoms with E-state index in [1.54, 1.807) is 17.0 Å². The Morgan fingerprint density at radius 1 is 1.39 bits per heavy atom. The van der Waals surface area contributed by atoms with Gasteiger partial charge in [-0.05, 0) is 37.0 Å². The van der Waals surface area contributed by atoms with Crippen molar-refractivity contribution in [2.24, 2.45) is 11.8 Å². The molecular formula is C17H24FN3O2. The number of amides is 3. The molecule has 2 rings (SSSR count). The molecule has 0 spiro atoms. The van der Waals surface area contributed by atoms with Crippen LogP contribution in [0.2, 0.25) is 0 Å². The SMILES string of the molecule is CC(C)C(=O)NC[C@H]1CCCN(C(=O)Nc2cccc(F)c2)C1. The summed E-state index contributed by atoms with van der Waals surface area (Å²) in [5, 5.41) is 5.64. The molecule has 5 nitrogen and oxygen atoms in total. The maximum atomic E-state index is 13.2. The fourth-order valence-electron chi connectivity index (χ4n) is 2.63. The van der Waals surface area contributed by atoms with E-state index in [-0.39, 0.29) is 29.6 Å². The van der Waals surface area contributed by atoms with E-state index in [2.05, 4.69) is 10.6 Å². The lowest BCUT2D eigenvalue weighted by molar-refractivity contribution is -0.124. The second-order valence-electron chi connectivity index (χ2n) is 6.29. The van der Waals surface area contributed by atoms with Gasteiger partial charge in [-0.1, -0.05) is 19.9 Å². The molecule has 3 amide bonds. The van der Waals surface area contributed by atoms with Gasteiger partial charge < -0.3 is 15.5 Å². The number of hydrogen-bond acceptors (Lipinski definition) is 2. The smallest absolute Gasteiger partial charge is 0.321 e. The number of carbonyl (C=O) groups is 2. The summed E-state index contributed by atoms with van der Waals surface area (Å²) in [6.07, 6.45) is 1.89. The largest absolute Gasteiger partial charge is 0.356 e. The minimum Gasteiger partial charge on any atom is -0.356 e. The quantitative estimate of drug-likeness (QED) is 0.896. The Balaban J connectivity index is 1.85. The Morgan fingerprint density at radius 3 is 2.87 bits per heavy atom. The molecule has 2 N–H and O–H groups in total. The lowest BCUT2D eigenvalue weighted by Gasteiger charge is -2.33. The molecule has 1 aromatic carbocycles. The van der Waals surface area contributed by atoms with E-state index < -0.39 is 0 Å². The Bertz CT molecular complexity index is 563. The lowest BCUT2D eigenvalue weighted by atomic mass is 9.98. The molecule has 126 valence electrons. The number of nitrogens with zero attached hydrogens (tertiary/aromatic N) is 1. The molecule has 6 heteroatoms. The molecule has 0 bridgehead atoms. The zero-order valence-electron chi connectivity index (χ0n) is 13.6. The normalized spacial score (nSPS) is 17.9. The Kier molecular flexibility index (Phi) is 5.96. The Labute approximate surface area is 136 Å². The summed E-state index contributed by atoms with van der Waals surface area (Å²) in [6.45, 7) is 5.57. The van der Waals surface area contributed by atoms with Gasteiger partial charge in [0.25, 0.3) is 0 Å². The molecule has 0 unspecified atom stereocenters. The summed E-state index contributed by atoms with van der Waals surface area (Å²) in [7, 11) is 0. The molecule has 23 heavy (non-hydrogen) atoms. The summed E-state index contributed by atoms with van der Waals surface area (Å²) in [5.74, 6) is -0.127. The minimum absolute atomic E-state index is 0.0336. The molecule has 0 aromatic heterocycles. The first-order valence-corrected chi connectivity index (χ1v) is 8.05. The zero-order valence-corrected chi connectivity index (χ0v) is 13.6. The number of carbonyl (C=O) groups excluding carboxylic acids is 2. The summed E-state index contributed by atoms with van der Waals surface area (Å²) < 4.78 is 13.2. The van der Waals surface area contributed by atoms with Gasteiger partial charge >= 0.3 is 6.03 Å². The fourth-order valence-corrected chi connectivity index (χ4v) is 2.63. The monoisotopic (exact) mass is 321 g/mol. The summed E-state index contributed by atoms with van der Waals surface area (Å²) in [6, 6.07) is 5.62. The van der Waals surface area contributed by atoms with Gasteiger partial charge in [-0.25, -0.2) is 9.18 Å². The van der Waals surface area contributed by atoms with Crippen LogP contribution in [0.5, 0.6) is 0 Å². The first-order chi connectivity index (χ1) is 11.0. The van der Waals surface area contributed by atoms with Crippen molar-refractivity contribution in [1.82, 2.24) is 10.2 Å². The predicted octanol–water partition coefficient (Wildman–Crippen LogP) is 2.84. The highest BCUT2D eigenvalue weighted by Gasteiger charge is 2.24. The fraction of sp³-hybridized carbons (Fsp3) is 0.529. The van der Waals surface area contributed by atoms with E-state index in [9.17, 15) is 14.0 Å². The summed E-state index contributed by atoms with van der Waals surface area (Å²) in [5.41, 5.74) is 0.449. The molecular weight excluding hydrogens is 297 g/mol. The van der Waals surface area contributed by atoms with E-state index in [0.29, 0.717) is 25.3 Å². The third-order valence-corrected chi connectivity index (χ3v) is 3.97. The standard InChI is InChI=1S/C17H24FN3O2/c1-12(2)16(22)19-10-13-5-4-8-21(11-13)17(23)20-15-7-3-6-14(18)9-15/h3,6-7,9,12-13H,4-5,8,10-11H2,1-2H3,(H,19,22)(H,20,23)/t13-/m1/s1. The molecule has 1 aliphatic rings. The van der Waals surface area contributed by atoms with Crippen LogP contribution >= 0.6 is 0 Å². The number of piperidine rings is 1. The number of rotatable bonds is 4. The number of benzene rings is 1. The van der Waals surface area contributed by atoms with Gasteiger partial charge in [0.1, 0.15) is 5.82 Å². The number of likely N-dealkylation sites (tertiary alicyclic amines) is 1. The van der Waals surface area contributed by atoms with E-state index in [1.165, 1.54) is 12.1 Å². The van der Waals surface area contributed by atoms with Gasteiger partial charge in [-0.15, -0.1) is 0 Å². The van der Waals surface area contributed by atoms with Crippen molar-refractivity contribution in [3.8, 4) is 0 Å². The van der Waals surface area contributed by atoms with Crippen molar-refractivity contribution in [3.63, 3.8) is 0 Å². The molecule has 1 aliphatic heterocycles. The minimum atomic E-state index is -0.379. The van der Waals surface area contributed by atoms with Crippen molar-refractivity contribution < 1.29 is 14.0 Å². The van der Waals surface area contributed by atoms with Crippen molar-refractivity contribution in [1.29, 1.82) is 0 Å². The second kappa shape index (κ2) is 7.94. The van der Waals surface area contributed by atoms with Gasteiger partial charge in [0.2, 0.25) is 5.91 Å². The van der Waals surface area contributed by atoms with Crippen LogP contribution in [-0.4, -0.2) is 36.5 Å². The van der Waals surface area contributed by atoms with Crippen molar-refractivity contribution in [3.05, 3.63) is 30.1 Å². The van der Waals surface area contributed by atoms with Gasteiger partial charge in [-0.2, -0.15) is 0 Å². The van der Waals surface area contributed by atoms with Gasteiger partial charge in [0.05, 0.1) is 0 Å². The molecule has 1 aromatic rings. The molecule has 0 radical (unpaired) electrons. The third kappa shape index (κ3) is 5.23. The number of nitrogens with one attached hydrogen (secondary N) is 2. The summed E-state index contributed by atoms with van der Waals surface area (Å²) >= 11 is 0. The van der Waals surface area contributed by atoms with Crippen LogP contribution in [0, 0.1) is 17.7 Å². The molecule has 1 saturated heterocycles. The van der Waals surface area contributed by atoms with E-state index in [4.69, 9.17) is 0 Å². The lowest BCUT2D eigenvalue weighted by Crippen LogP contribution is -2.45. The highest BCUT2D eigenvalue weighted by molar-refractivity contribution is 5.89. The zero-order chi connectivity index (χ0) is 16.8. The topological polar surface area (TPSA) is 61.4 Å². The molecule has 1 fully saturated rings. The van der Waals surface area contributed by atoms with Gasteiger partial charge in [-0.3, -0.25) is 4.79 Å². The van der Waals surface area contributed by atoms with Gasteiger partial charge in [0.15, 0.2) is 0 Å². The predicted molar refractivity (Wildman–Crippen MR) is 87.6 cm³/mol. The maximum absolute atomic E-state index is 13.2. The third-order valence-electron chi connectivity index (χ3n) is 3.97. The molecule has 1 heterocycles. The van der Waals surface area contributed by atoms with Crippen LogP contribution in [0.3, 0.4) is 0 Å². The van der Waals surface area contributed by atoms with E-state index >= 15 is 0 Å². The van der Waals surface area contributed by atoms with Crippen LogP contribution in [0.25, 0.3) is 0 Å². The average Bonchev–Trinajstić information content (AvgIpc) is 2.52. The van der Waals surface area contributed by atoms with Crippen LogP contribution in [-0.2, 0) is 4.79 Å². The Hall–Kier alpha value is -2.11. The van der Waals surface area contributed by atoms with Crippen molar-refractivity contribution in [2.45, 2.75) is 26.7 Å². The van der Waals surface area contributed by atoms with Crippen molar-refractivity contribution >= 4 is 17.6 Å². The van der Waals surface area contributed by atoms with Crippen LogP contribution in [0.15, 0.2) is 24.3 Å².